The van der Waals surface area contributed by atoms with Crippen LogP contribution in [-0.4, -0.2) is 30.8 Å². The molecule has 5 nitrogen and oxygen atoms in total. The standard InChI is InChI=1S/C25H32N4O/c1-7-29-23-11-9-20(13-22(23)19(4)14-25(29,5)6)15-27-28-24(30)16-26-21-10-8-17(2)18(3)12-21/h8-15,26H,7,16H2,1-6H3,(H,28,30)/b27-15-. The van der Waals surface area contributed by atoms with Gasteiger partial charge in [-0.15, -0.1) is 0 Å². The molecule has 0 saturated carbocycles. The van der Waals surface area contributed by atoms with Crippen molar-refractivity contribution in [1.29, 1.82) is 0 Å². The molecule has 0 radical (unpaired) electrons. The van der Waals surface area contributed by atoms with E-state index in [1.807, 2.05) is 24.3 Å². The Hall–Kier alpha value is -3.08. The van der Waals surface area contributed by atoms with E-state index < -0.39 is 0 Å². The Morgan fingerprint density at radius 1 is 1.10 bits per heavy atom. The largest absolute Gasteiger partial charge is 0.376 e. The third-order valence-electron chi connectivity index (χ3n) is 5.68. The molecule has 0 spiro atoms. The topological polar surface area (TPSA) is 56.7 Å². The Kier molecular flexibility index (Phi) is 6.30. The van der Waals surface area contributed by atoms with E-state index in [9.17, 15) is 4.79 Å². The number of benzene rings is 2. The fourth-order valence-electron chi connectivity index (χ4n) is 4.01. The summed E-state index contributed by atoms with van der Waals surface area (Å²) in [6.07, 6.45) is 4.00. The van der Waals surface area contributed by atoms with Crippen molar-refractivity contribution in [2.24, 2.45) is 5.10 Å². The van der Waals surface area contributed by atoms with E-state index in [-0.39, 0.29) is 18.0 Å². The number of aryl methyl sites for hydroxylation is 2. The van der Waals surface area contributed by atoms with Gasteiger partial charge in [0.2, 0.25) is 0 Å². The number of rotatable bonds is 6. The Labute approximate surface area is 179 Å². The molecular weight excluding hydrogens is 372 g/mol. The van der Waals surface area contributed by atoms with Gasteiger partial charge in [-0.25, -0.2) is 5.43 Å². The van der Waals surface area contributed by atoms with Crippen LogP contribution in [0.3, 0.4) is 0 Å². The third kappa shape index (κ3) is 4.73. The predicted molar refractivity (Wildman–Crippen MR) is 127 cm³/mol. The summed E-state index contributed by atoms with van der Waals surface area (Å²) in [6.45, 7) is 14.0. The number of hydrazone groups is 1. The average molecular weight is 405 g/mol. The van der Waals surface area contributed by atoms with E-state index in [2.05, 4.69) is 80.5 Å². The highest BCUT2D eigenvalue weighted by Crippen LogP contribution is 2.38. The van der Waals surface area contributed by atoms with Gasteiger partial charge in [0, 0.05) is 23.5 Å². The number of carbonyl (C=O) groups excluding carboxylic acids is 1. The first-order valence-electron chi connectivity index (χ1n) is 10.5. The van der Waals surface area contributed by atoms with Crippen LogP contribution in [0.25, 0.3) is 5.57 Å². The van der Waals surface area contributed by atoms with Crippen molar-refractivity contribution < 1.29 is 4.79 Å². The first-order chi connectivity index (χ1) is 14.2. The van der Waals surface area contributed by atoms with E-state index >= 15 is 0 Å². The van der Waals surface area contributed by atoms with Crippen molar-refractivity contribution in [3.05, 3.63) is 64.7 Å². The smallest absolute Gasteiger partial charge is 0.259 e. The molecule has 1 amide bonds. The Morgan fingerprint density at radius 3 is 2.57 bits per heavy atom. The zero-order valence-corrected chi connectivity index (χ0v) is 18.8. The molecule has 1 aliphatic rings. The summed E-state index contributed by atoms with van der Waals surface area (Å²) < 4.78 is 0. The van der Waals surface area contributed by atoms with Crippen molar-refractivity contribution in [3.8, 4) is 0 Å². The number of hydrogen-bond donors (Lipinski definition) is 2. The lowest BCUT2D eigenvalue weighted by molar-refractivity contribution is -0.119. The number of hydrogen-bond acceptors (Lipinski definition) is 4. The number of amides is 1. The van der Waals surface area contributed by atoms with Gasteiger partial charge in [0.25, 0.3) is 5.91 Å². The Bertz CT molecular complexity index is 1000. The molecule has 3 rings (SSSR count). The number of likely N-dealkylation sites (N-methyl/N-ethyl adjacent to an activating group) is 1. The van der Waals surface area contributed by atoms with Crippen LogP contribution in [0, 0.1) is 13.8 Å². The number of fused-ring (bicyclic) bond motifs is 1. The molecule has 158 valence electrons. The lowest BCUT2D eigenvalue weighted by atomic mass is 9.88. The lowest BCUT2D eigenvalue weighted by Crippen LogP contribution is -2.44. The van der Waals surface area contributed by atoms with Crippen LogP contribution in [0.15, 0.2) is 47.6 Å². The first-order valence-corrected chi connectivity index (χ1v) is 10.5. The highest BCUT2D eigenvalue weighted by atomic mass is 16.2. The number of nitrogens with zero attached hydrogens (tertiary/aromatic N) is 2. The zero-order chi connectivity index (χ0) is 21.9. The highest BCUT2D eigenvalue weighted by molar-refractivity contribution is 5.89. The molecule has 1 heterocycles. The average Bonchev–Trinajstić information content (AvgIpc) is 2.69. The van der Waals surface area contributed by atoms with Gasteiger partial charge in [-0.3, -0.25) is 4.79 Å². The minimum absolute atomic E-state index is 0.00158. The molecule has 0 fully saturated rings. The summed E-state index contributed by atoms with van der Waals surface area (Å²) in [5.41, 5.74) is 10.6. The molecule has 0 bridgehead atoms. The second kappa shape index (κ2) is 8.74. The van der Waals surface area contributed by atoms with E-state index in [0.717, 1.165) is 17.8 Å². The van der Waals surface area contributed by atoms with Gasteiger partial charge in [-0.05, 0) is 88.1 Å². The predicted octanol–water partition coefficient (Wildman–Crippen LogP) is 4.89. The lowest BCUT2D eigenvalue weighted by Gasteiger charge is -2.42. The Morgan fingerprint density at radius 2 is 1.87 bits per heavy atom. The molecular formula is C25H32N4O. The maximum absolute atomic E-state index is 12.1. The van der Waals surface area contributed by atoms with Crippen LogP contribution < -0.4 is 15.6 Å². The van der Waals surface area contributed by atoms with Crippen molar-refractivity contribution in [2.45, 2.75) is 47.1 Å². The summed E-state index contributed by atoms with van der Waals surface area (Å²) in [5, 5.41) is 7.26. The van der Waals surface area contributed by atoms with Crippen LogP contribution in [0.5, 0.6) is 0 Å². The fourth-order valence-corrected chi connectivity index (χ4v) is 4.01. The van der Waals surface area contributed by atoms with E-state index in [0.29, 0.717) is 0 Å². The second-order valence-electron chi connectivity index (χ2n) is 8.45. The summed E-state index contributed by atoms with van der Waals surface area (Å²) in [6, 6.07) is 12.4. The molecule has 0 aromatic heterocycles. The molecule has 5 heteroatoms. The Balaban J connectivity index is 1.62. The molecule has 2 N–H and O–H groups in total. The van der Waals surface area contributed by atoms with Crippen molar-refractivity contribution in [3.63, 3.8) is 0 Å². The molecule has 2 aromatic carbocycles. The zero-order valence-electron chi connectivity index (χ0n) is 18.8. The van der Waals surface area contributed by atoms with Crippen LogP contribution in [0.2, 0.25) is 0 Å². The normalized spacial score (nSPS) is 15.0. The van der Waals surface area contributed by atoms with Gasteiger partial charge in [-0.1, -0.05) is 18.2 Å². The second-order valence-corrected chi connectivity index (χ2v) is 8.45. The minimum Gasteiger partial charge on any atom is -0.376 e. The van der Waals surface area contributed by atoms with Crippen LogP contribution >= 0.6 is 0 Å². The molecule has 30 heavy (non-hydrogen) atoms. The first kappa shape index (κ1) is 21.6. The van der Waals surface area contributed by atoms with Crippen LogP contribution in [0.1, 0.15) is 49.9 Å². The molecule has 0 saturated heterocycles. The molecule has 0 unspecified atom stereocenters. The van der Waals surface area contributed by atoms with E-state index in [1.54, 1.807) is 6.21 Å². The highest BCUT2D eigenvalue weighted by Gasteiger charge is 2.29. The maximum Gasteiger partial charge on any atom is 0.259 e. The van der Waals surface area contributed by atoms with Gasteiger partial charge >= 0.3 is 0 Å². The van der Waals surface area contributed by atoms with Crippen molar-refractivity contribution in [1.82, 2.24) is 5.43 Å². The third-order valence-corrected chi connectivity index (χ3v) is 5.68. The van der Waals surface area contributed by atoms with E-state index in [1.165, 1.54) is 28.0 Å². The molecule has 0 atom stereocenters. The number of nitrogens with one attached hydrogen (secondary N) is 2. The molecule has 2 aromatic rings. The quantitative estimate of drug-likeness (QED) is 0.532. The minimum atomic E-state index is -0.183. The summed E-state index contributed by atoms with van der Waals surface area (Å²) in [5.74, 6) is -0.183. The molecule has 1 aliphatic heterocycles. The van der Waals surface area contributed by atoms with Crippen molar-refractivity contribution >= 4 is 29.1 Å². The van der Waals surface area contributed by atoms with Crippen molar-refractivity contribution in [2.75, 3.05) is 23.3 Å². The molecule has 0 aliphatic carbocycles. The van der Waals surface area contributed by atoms with Gasteiger partial charge in [0.15, 0.2) is 0 Å². The number of anilines is 2. The van der Waals surface area contributed by atoms with E-state index in [4.69, 9.17) is 0 Å². The SMILES string of the molecule is CCN1c2ccc(/C=N\NC(=O)CNc3ccc(C)c(C)c3)cc2C(C)=CC1(C)C. The van der Waals surface area contributed by atoms with Gasteiger partial charge in [-0.2, -0.15) is 5.10 Å². The van der Waals surface area contributed by atoms with Gasteiger partial charge < -0.3 is 10.2 Å². The fraction of sp³-hybridized carbons (Fsp3) is 0.360. The summed E-state index contributed by atoms with van der Waals surface area (Å²) in [4.78, 5) is 14.5. The number of allylic oxidation sites excluding steroid dienone is 1. The summed E-state index contributed by atoms with van der Waals surface area (Å²) in [7, 11) is 0. The number of carbonyl (C=O) groups is 1. The summed E-state index contributed by atoms with van der Waals surface area (Å²) >= 11 is 0. The van der Waals surface area contributed by atoms with Gasteiger partial charge in [0.05, 0.1) is 18.3 Å². The van der Waals surface area contributed by atoms with Crippen LogP contribution in [0.4, 0.5) is 11.4 Å². The maximum atomic E-state index is 12.1. The van der Waals surface area contributed by atoms with Gasteiger partial charge in [0.1, 0.15) is 0 Å². The monoisotopic (exact) mass is 404 g/mol. The van der Waals surface area contributed by atoms with Crippen LogP contribution in [-0.2, 0) is 4.79 Å².